The Balaban J connectivity index is 2.62. The lowest BCUT2D eigenvalue weighted by atomic mass is 10.1. The molecule has 0 aromatic rings. The lowest BCUT2D eigenvalue weighted by Crippen LogP contribution is -2.44. The molecule has 1 unspecified atom stereocenters. The molecule has 0 aromatic carbocycles. The van der Waals surface area contributed by atoms with E-state index in [4.69, 9.17) is 11.6 Å². The first-order chi connectivity index (χ1) is 5.05. The second kappa shape index (κ2) is 3.03. The van der Waals surface area contributed by atoms with Crippen LogP contribution in [0.25, 0.3) is 0 Å². The summed E-state index contributed by atoms with van der Waals surface area (Å²) in [4.78, 5) is 10.2. The lowest BCUT2D eigenvalue weighted by Gasteiger charge is -2.18. The molecule has 0 aromatic heterocycles. The van der Waals surface area contributed by atoms with Gasteiger partial charge in [-0.15, -0.1) is 0 Å². The number of rotatable bonds is 2. The molecule has 0 saturated carbocycles. The molecule has 11 heavy (non-hydrogen) atoms. The molecular weight excluding hydrogens is 176 g/mol. The number of hydrogen-bond acceptors (Lipinski definition) is 2. The van der Waals surface area contributed by atoms with E-state index in [1.165, 1.54) is 0 Å². The van der Waals surface area contributed by atoms with Crippen LogP contribution in [0.3, 0.4) is 0 Å². The SMILES string of the molecule is O=C(Cl)C(F)(F)C1CCCN1. The molecule has 1 rings (SSSR count). The van der Waals surface area contributed by atoms with Crippen molar-refractivity contribution in [2.75, 3.05) is 6.54 Å². The molecule has 0 amide bonds. The van der Waals surface area contributed by atoms with Gasteiger partial charge in [0.15, 0.2) is 0 Å². The van der Waals surface area contributed by atoms with E-state index in [2.05, 4.69) is 5.32 Å². The smallest absolute Gasteiger partial charge is 0.308 e. The Bertz CT molecular complexity index is 168. The molecule has 0 aliphatic carbocycles. The highest BCUT2D eigenvalue weighted by molar-refractivity contribution is 6.65. The first-order valence-electron chi connectivity index (χ1n) is 3.36. The van der Waals surface area contributed by atoms with Crippen LogP contribution in [0.2, 0.25) is 0 Å². The summed E-state index contributed by atoms with van der Waals surface area (Å²) in [6.07, 6.45) is 0.982. The molecule has 1 aliphatic rings. The van der Waals surface area contributed by atoms with Crippen molar-refractivity contribution in [3.8, 4) is 0 Å². The Labute approximate surface area is 67.9 Å². The summed E-state index contributed by atoms with van der Waals surface area (Å²) in [6, 6.07) is -1.06. The highest BCUT2D eigenvalue weighted by atomic mass is 35.5. The van der Waals surface area contributed by atoms with Crippen molar-refractivity contribution < 1.29 is 13.6 Å². The summed E-state index contributed by atoms with van der Waals surface area (Å²) in [7, 11) is 0. The van der Waals surface area contributed by atoms with E-state index in [9.17, 15) is 13.6 Å². The van der Waals surface area contributed by atoms with Crippen LogP contribution in [-0.4, -0.2) is 23.8 Å². The van der Waals surface area contributed by atoms with Crippen LogP contribution in [0.1, 0.15) is 12.8 Å². The highest BCUT2D eigenvalue weighted by Crippen LogP contribution is 2.27. The van der Waals surface area contributed by atoms with E-state index < -0.39 is 17.2 Å². The summed E-state index contributed by atoms with van der Waals surface area (Å²) < 4.78 is 25.4. The van der Waals surface area contributed by atoms with Gasteiger partial charge in [0.1, 0.15) is 0 Å². The van der Waals surface area contributed by atoms with Crippen molar-refractivity contribution in [2.24, 2.45) is 0 Å². The second-order valence-corrected chi connectivity index (χ2v) is 2.89. The molecule has 64 valence electrons. The third-order valence-corrected chi connectivity index (χ3v) is 2.01. The third kappa shape index (κ3) is 1.68. The molecule has 1 aliphatic heterocycles. The predicted octanol–water partition coefficient (Wildman–Crippen LogP) is 1.14. The summed E-state index contributed by atoms with van der Waals surface area (Å²) in [5.74, 6) is -3.40. The van der Waals surface area contributed by atoms with Gasteiger partial charge in [-0.2, -0.15) is 8.78 Å². The van der Waals surface area contributed by atoms with Crippen molar-refractivity contribution in [3.63, 3.8) is 0 Å². The average molecular weight is 184 g/mol. The molecule has 0 bridgehead atoms. The topological polar surface area (TPSA) is 29.1 Å². The molecule has 1 heterocycles. The Morgan fingerprint density at radius 3 is 2.64 bits per heavy atom. The van der Waals surface area contributed by atoms with Crippen LogP contribution in [0.4, 0.5) is 8.78 Å². The van der Waals surface area contributed by atoms with Gasteiger partial charge in [-0.1, -0.05) is 0 Å². The van der Waals surface area contributed by atoms with Gasteiger partial charge in [-0.05, 0) is 31.0 Å². The minimum Gasteiger partial charge on any atom is -0.308 e. The molecule has 1 atom stereocenters. The number of carbonyl (C=O) groups excluding carboxylic acids is 1. The van der Waals surface area contributed by atoms with Gasteiger partial charge in [0, 0.05) is 0 Å². The molecule has 0 spiro atoms. The highest BCUT2D eigenvalue weighted by Gasteiger charge is 2.46. The van der Waals surface area contributed by atoms with Gasteiger partial charge in [0.25, 0.3) is 5.24 Å². The van der Waals surface area contributed by atoms with Crippen LogP contribution in [-0.2, 0) is 4.79 Å². The molecule has 0 radical (unpaired) electrons. The van der Waals surface area contributed by atoms with Crippen LogP contribution in [0, 0.1) is 0 Å². The zero-order valence-electron chi connectivity index (χ0n) is 5.74. The number of alkyl halides is 2. The number of halogens is 3. The second-order valence-electron chi connectivity index (χ2n) is 2.55. The van der Waals surface area contributed by atoms with Gasteiger partial charge >= 0.3 is 5.92 Å². The monoisotopic (exact) mass is 183 g/mol. The molecule has 1 saturated heterocycles. The van der Waals surface area contributed by atoms with E-state index in [-0.39, 0.29) is 0 Å². The third-order valence-electron chi connectivity index (χ3n) is 1.76. The quantitative estimate of drug-likeness (QED) is 0.651. The zero-order chi connectivity index (χ0) is 8.48. The van der Waals surface area contributed by atoms with Crippen molar-refractivity contribution in [2.45, 2.75) is 24.8 Å². The van der Waals surface area contributed by atoms with Crippen LogP contribution >= 0.6 is 11.6 Å². The van der Waals surface area contributed by atoms with E-state index >= 15 is 0 Å². The summed E-state index contributed by atoms with van der Waals surface area (Å²) in [5.41, 5.74) is 0. The van der Waals surface area contributed by atoms with Gasteiger partial charge in [0.05, 0.1) is 6.04 Å². The van der Waals surface area contributed by atoms with Crippen LogP contribution in [0.15, 0.2) is 0 Å². The van der Waals surface area contributed by atoms with Gasteiger partial charge < -0.3 is 5.32 Å². The largest absolute Gasteiger partial charge is 0.334 e. The molecule has 1 fully saturated rings. The summed E-state index contributed by atoms with van der Waals surface area (Å²) in [6.45, 7) is 0.532. The maximum absolute atomic E-state index is 12.7. The maximum Gasteiger partial charge on any atom is 0.334 e. The zero-order valence-corrected chi connectivity index (χ0v) is 6.50. The Hall–Kier alpha value is -0.220. The predicted molar refractivity (Wildman–Crippen MR) is 36.8 cm³/mol. The number of nitrogens with one attached hydrogen (secondary N) is 1. The fourth-order valence-corrected chi connectivity index (χ4v) is 1.26. The fraction of sp³-hybridized carbons (Fsp3) is 0.833. The fourth-order valence-electron chi connectivity index (χ4n) is 1.13. The van der Waals surface area contributed by atoms with Gasteiger partial charge in [-0.25, -0.2) is 0 Å². The summed E-state index contributed by atoms with van der Waals surface area (Å²) in [5, 5.41) is 0.951. The molecule has 5 heteroatoms. The van der Waals surface area contributed by atoms with Crippen molar-refractivity contribution in [3.05, 3.63) is 0 Å². The molecule has 2 nitrogen and oxygen atoms in total. The standard InChI is InChI=1S/C6H8ClF2NO/c7-5(11)6(8,9)4-2-1-3-10-4/h4,10H,1-3H2. The van der Waals surface area contributed by atoms with Crippen molar-refractivity contribution >= 4 is 16.8 Å². The Morgan fingerprint density at radius 2 is 2.27 bits per heavy atom. The Morgan fingerprint density at radius 1 is 1.64 bits per heavy atom. The number of hydrogen-bond donors (Lipinski definition) is 1. The Kier molecular flexibility index (Phi) is 2.44. The average Bonchev–Trinajstić information content (AvgIpc) is 2.37. The van der Waals surface area contributed by atoms with E-state index in [1.54, 1.807) is 0 Å². The van der Waals surface area contributed by atoms with E-state index in [0.717, 1.165) is 0 Å². The summed E-state index contributed by atoms with van der Waals surface area (Å²) >= 11 is 4.72. The van der Waals surface area contributed by atoms with Crippen LogP contribution < -0.4 is 5.32 Å². The minimum atomic E-state index is -3.40. The van der Waals surface area contributed by atoms with Crippen molar-refractivity contribution in [1.29, 1.82) is 0 Å². The number of carbonyl (C=O) groups is 1. The first kappa shape index (κ1) is 8.87. The molecule has 1 N–H and O–H groups in total. The minimum absolute atomic E-state index is 0.311. The van der Waals surface area contributed by atoms with Crippen LogP contribution in [0.5, 0.6) is 0 Å². The van der Waals surface area contributed by atoms with Gasteiger partial charge in [0.2, 0.25) is 0 Å². The lowest BCUT2D eigenvalue weighted by molar-refractivity contribution is -0.137. The normalized spacial score (nSPS) is 25.5. The maximum atomic E-state index is 12.7. The van der Waals surface area contributed by atoms with E-state index in [0.29, 0.717) is 19.4 Å². The molecular formula is C6H8ClF2NO. The van der Waals surface area contributed by atoms with Crippen molar-refractivity contribution in [1.82, 2.24) is 5.32 Å². The first-order valence-corrected chi connectivity index (χ1v) is 3.74. The van der Waals surface area contributed by atoms with Gasteiger partial charge in [-0.3, -0.25) is 4.79 Å². The van der Waals surface area contributed by atoms with E-state index in [1.807, 2.05) is 0 Å².